The number of nitrogens with one attached hydrogen (secondary N) is 3. The third-order valence-electron chi connectivity index (χ3n) is 3.23. The van der Waals surface area contributed by atoms with Crippen LogP contribution in [0, 0.1) is 0 Å². The Labute approximate surface area is 161 Å². The normalized spacial score (nSPS) is 10.9. The molecule has 2 amide bonds. The predicted molar refractivity (Wildman–Crippen MR) is 105 cm³/mol. The van der Waals surface area contributed by atoms with Crippen LogP contribution in [0.1, 0.15) is 10.4 Å². The largest absolute Gasteiger partial charge is 0.375 e. The summed E-state index contributed by atoms with van der Waals surface area (Å²) in [6.45, 7) is -0.0566. The molecule has 0 aliphatic heterocycles. The van der Waals surface area contributed by atoms with Gasteiger partial charge in [0.1, 0.15) is 6.61 Å². The third kappa shape index (κ3) is 6.55. The van der Waals surface area contributed by atoms with Gasteiger partial charge in [-0.15, -0.1) is 0 Å². The number of hydrogen-bond acceptors (Lipinski definition) is 5. The molecule has 0 bridgehead atoms. The van der Waals surface area contributed by atoms with Crippen molar-refractivity contribution in [2.75, 3.05) is 35.3 Å². The standard InChI is InChI=1S/C17H18ClN3O5S/c1-26-10-16(22)19-12-4-6-13(7-5-12)20-17(23)11-3-8-14(18)15(9-11)21-27(2,24)25/h3-9,21H,10H2,1-2H3,(H,19,22)(H,20,23). The highest BCUT2D eigenvalue weighted by Crippen LogP contribution is 2.24. The summed E-state index contributed by atoms with van der Waals surface area (Å²) in [5.41, 5.74) is 1.39. The van der Waals surface area contributed by atoms with Crippen LogP contribution in [-0.2, 0) is 19.6 Å². The number of methoxy groups -OCH3 is 1. The van der Waals surface area contributed by atoms with Gasteiger partial charge in [0.05, 0.1) is 17.0 Å². The van der Waals surface area contributed by atoms with Crippen LogP contribution in [0.2, 0.25) is 5.02 Å². The first-order chi connectivity index (χ1) is 12.7. The van der Waals surface area contributed by atoms with Crippen molar-refractivity contribution in [1.82, 2.24) is 0 Å². The van der Waals surface area contributed by atoms with Gasteiger partial charge in [-0.1, -0.05) is 11.6 Å². The topological polar surface area (TPSA) is 114 Å². The van der Waals surface area contributed by atoms with Crippen molar-refractivity contribution in [2.45, 2.75) is 0 Å². The Morgan fingerprint density at radius 2 is 1.63 bits per heavy atom. The van der Waals surface area contributed by atoms with Crippen LogP contribution in [-0.4, -0.2) is 40.2 Å². The molecular formula is C17H18ClN3O5S. The molecule has 0 fully saturated rings. The molecule has 0 aromatic heterocycles. The van der Waals surface area contributed by atoms with Gasteiger partial charge in [-0.05, 0) is 42.5 Å². The molecule has 3 N–H and O–H groups in total. The number of ether oxygens (including phenoxy) is 1. The first kappa shape index (κ1) is 20.7. The number of carbonyl (C=O) groups excluding carboxylic acids is 2. The SMILES string of the molecule is COCC(=O)Nc1ccc(NC(=O)c2ccc(Cl)c(NS(C)(=O)=O)c2)cc1. The van der Waals surface area contributed by atoms with Gasteiger partial charge in [0, 0.05) is 24.0 Å². The van der Waals surface area contributed by atoms with E-state index in [0.717, 1.165) is 6.26 Å². The summed E-state index contributed by atoms with van der Waals surface area (Å²) in [7, 11) is -2.11. The molecule has 0 spiro atoms. The van der Waals surface area contributed by atoms with Gasteiger partial charge < -0.3 is 15.4 Å². The van der Waals surface area contributed by atoms with E-state index in [1.165, 1.54) is 25.3 Å². The van der Waals surface area contributed by atoms with Gasteiger partial charge in [-0.2, -0.15) is 0 Å². The van der Waals surface area contributed by atoms with Gasteiger partial charge in [0.2, 0.25) is 15.9 Å². The fraction of sp³-hybridized carbons (Fsp3) is 0.176. The smallest absolute Gasteiger partial charge is 0.255 e. The lowest BCUT2D eigenvalue weighted by Gasteiger charge is -2.10. The Kier molecular flexibility index (Phi) is 6.78. The van der Waals surface area contributed by atoms with Crippen LogP contribution in [0.25, 0.3) is 0 Å². The number of rotatable bonds is 7. The van der Waals surface area contributed by atoms with Gasteiger partial charge in [0.25, 0.3) is 5.91 Å². The van der Waals surface area contributed by atoms with Crippen molar-refractivity contribution in [3.8, 4) is 0 Å². The first-order valence-corrected chi connectivity index (χ1v) is 9.92. The molecule has 8 nitrogen and oxygen atoms in total. The lowest BCUT2D eigenvalue weighted by molar-refractivity contribution is -0.119. The van der Waals surface area contributed by atoms with E-state index >= 15 is 0 Å². The maximum atomic E-state index is 12.4. The molecule has 2 rings (SSSR count). The molecule has 0 saturated carbocycles. The van der Waals surface area contributed by atoms with Crippen molar-refractivity contribution >= 4 is 50.5 Å². The minimum absolute atomic E-state index is 0.0566. The third-order valence-corrected chi connectivity index (χ3v) is 4.15. The summed E-state index contributed by atoms with van der Waals surface area (Å²) in [6.07, 6.45) is 0.989. The van der Waals surface area contributed by atoms with Crippen molar-refractivity contribution in [1.29, 1.82) is 0 Å². The zero-order valence-corrected chi connectivity index (χ0v) is 16.1. The van der Waals surface area contributed by atoms with Crippen molar-refractivity contribution in [3.05, 3.63) is 53.1 Å². The van der Waals surface area contributed by atoms with Gasteiger partial charge in [-0.25, -0.2) is 8.42 Å². The minimum atomic E-state index is -3.53. The zero-order valence-electron chi connectivity index (χ0n) is 14.6. The summed E-state index contributed by atoms with van der Waals surface area (Å²) in [5.74, 6) is -0.735. The summed E-state index contributed by atoms with van der Waals surface area (Å²) in [5, 5.41) is 5.48. The lowest BCUT2D eigenvalue weighted by Crippen LogP contribution is -2.17. The Balaban J connectivity index is 2.08. The number of hydrogen-bond donors (Lipinski definition) is 3. The zero-order chi connectivity index (χ0) is 20.0. The summed E-state index contributed by atoms with van der Waals surface area (Å²) >= 11 is 5.95. The Bertz CT molecular complexity index is 946. The quantitative estimate of drug-likeness (QED) is 0.647. The second-order valence-corrected chi connectivity index (χ2v) is 7.74. The first-order valence-electron chi connectivity index (χ1n) is 7.65. The van der Waals surface area contributed by atoms with Crippen LogP contribution in [0.15, 0.2) is 42.5 Å². The minimum Gasteiger partial charge on any atom is -0.375 e. The van der Waals surface area contributed by atoms with Gasteiger partial charge in [0.15, 0.2) is 0 Å². The molecule has 2 aromatic rings. The summed E-state index contributed by atoms with van der Waals surface area (Å²) in [6, 6.07) is 10.7. The highest BCUT2D eigenvalue weighted by molar-refractivity contribution is 7.92. The molecule has 0 aliphatic rings. The Hall–Kier alpha value is -2.62. The van der Waals surface area contributed by atoms with E-state index in [4.69, 9.17) is 16.3 Å². The number of sulfonamides is 1. The lowest BCUT2D eigenvalue weighted by atomic mass is 10.2. The highest BCUT2D eigenvalue weighted by Gasteiger charge is 2.12. The van der Waals surface area contributed by atoms with E-state index in [0.29, 0.717) is 11.4 Å². The number of amides is 2. The summed E-state index contributed by atoms with van der Waals surface area (Å²) < 4.78 is 29.7. The van der Waals surface area contributed by atoms with Crippen molar-refractivity contribution in [2.24, 2.45) is 0 Å². The maximum Gasteiger partial charge on any atom is 0.255 e. The van der Waals surface area contributed by atoms with Crippen LogP contribution < -0.4 is 15.4 Å². The molecule has 0 aliphatic carbocycles. The van der Waals surface area contributed by atoms with E-state index in [1.807, 2.05) is 0 Å². The molecule has 27 heavy (non-hydrogen) atoms. The van der Waals surface area contributed by atoms with Gasteiger partial charge in [-0.3, -0.25) is 14.3 Å². The number of carbonyl (C=O) groups is 2. The predicted octanol–water partition coefficient (Wildman–Crippen LogP) is 2.55. The molecule has 10 heteroatoms. The van der Waals surface area contributed by atoms with Crippen LogP contribution in [0.3, 0.4) is 0 Å². The molecule has 2 aromatic carbocycles. The number of anilines is 3. The van der Waals surface area contributed by atoms with E-state index < -0.39 is 15.9 Å². The average Bonchev–Trinajstić information content (AvgIpc) is 2.57. The molecule has 0 atom stereocenters. The molecular weight excluding hydrogens is 394 g/mol. The van der Waals surface area contributed by atoms with E-state index in [1.54, 1.807) is 24.3 Å². The van der Waals surface area contributed by atoms with E-state index in [9.17, 15) is 18.0 Å². The van der Waals surface area contributed by atoms with Gasteiger partial charge >= 0.3 is 0 Å². The second kappa shape index (κ2) is 8.85. The molecule has 0 radical (unpaired) electrons. The molecule has 0 unspecified atom stereocenters. The van der Waals surface area contributed by atoms with E-state index in [-0.39, 0.29) is 28.8 Å². The summed E-state index contributed by atoms with van der Waals surface area (Å²) in [4.78, 5) is 23.8. The number of halogens is 1. The second-order valence-electron chi connectivity index (χ2n) is 5.58. The Morgan fingerprint density at radius 3 is 2.19 bits per heavy atom. The molecule has 144 valence electrons. The Morgan fingerprint density at radius 1 is 1.04 bits per heavy atom. The fourth-order valence-corrected chi connectivity index (χ4v) is 2.90. The monoisotopic (exact) mass is 411 g/mol. The maximum absolute atomic E-state index is 12.4. The number of benzene rings is 2. The molecule has 0 heterocycles. The van der Waals surface area contributed by atoms with Crippen LogP contribution in [0.5, 0.6) is 0 Å². The van der Waals surface area contributed by atoms with Crippen molar-refractivity contribution in [3.63, 3.8) is 0 Å². The van der Waals surface area contributed by atoms with Crippen molar-refractivity contribution < 1.29 is 22.7 Å². The van der Waals surface area contributed by atoms with Crippen LogP contribution >= 0.6 is 11.6 Å². The van der Waals surface area contributed by atoms with Crippen LogP contribution in [0.4, 0.5) is 17.1 Å². The fourth-order valence-electron chi connectivity index (χ4n) is 2.11. The average molecular weight is 412 g/mol. The highest BCUT2D eigenvalue weighted by atomic mass is 35.5. The van der Waals surface area contributed by atoms with E-state index in [2.05, 4.69) is 15.4 Å². The molecule has 0 saturated heterocycles.